The summed E-state index contributed by atoms with van der Waals surface area (Å²) >= 11 is 2.12. The van der Waals surface area contributed by atoms with Crippen molar-refractivity contribution >= 4 is 40.5 Å². The normalized spacial score (nSPS) is 15.1. The highest BCUT2D eigenvalue weighted by atomic mass is 127. The van der Waals surface area contributed by atoms with Crippen LogP contribution in [0.2, 0.25) is 0 Å². The molecular weight excluding hydrogens is 440 g/mol. The summed E-state index contributed by atoms with van der Waals surface area (Å²) in [6.45, 7) is 0. The van der Waals surface area contributed by atoms with Crippen molar-refractivity contribution in [3.05, 3.63) is 62.6 Å². The average Bonchev–Trinajstić information content (AvgIpc) is 2.95. The van der Waals surface area contributed by atoms with E-state index in [4.69, 9.17) is 14.2 Å². The Labute approximate surface area is 157 Å². The Kier molecular flexibility index (Phi) is 5.03. The van der Waals surface area contributed by atoms with Crippen molar-refractivity contribution in [2.45, 2.75) is 0 Å². The van der Waals surface area contributed by atoms with Crippen LogP contribution in [0.1, 0.15) is 11.1 Å². The fourth-order valence-corrected chi connectivity index (χ4v) is 3.18. The summed E-state index contributed by atoms with van der Waals surface area (Å²) in [5.41, 5.74) is 1.24. The molecule has 1 heterocycles. The minimum Gasteiger partial charge on any atom is -0.493 e. The first-order valence-electron chi connectivity index (χ1n) is 7.22. The number of benzene rings is 2. The van der Waals surface area contributed by atoms with Gasteiger partial charge >= 0.3 is 5.97 Å². The van der Waals surface area contributed by atoms with E-state index in [-0.39, 0.29) is 11.6 Å². The summed E-state index contributed by atoms with van der Waals surface area (Å²) in [6, 6.07) is 9.28. The molecule has 5 nitrogen and oxygen atoms in total. The summed E-state index contributed by atoms with van der Waals surface area (Å²) in [6.07, 6.45) is 1.58. The number of carbonyl (C=O) groups excluding carboxylic acids is 1. The van der Waals surface area contributed by atoms with Crippen LogP contribution in [0.4, 0.5) is 4.39 Å². The maximum atomic E-state index is 13.3. The molecule has 0 saturated carbocycles. The lowest BCUT2D eigenvalue weighted by atomic mass is 10.1. The lowest BCUT2D eigenvalue weighted by Gasteiger charge is -2.10. The molecule has 0 spiro atoms. The molecule has 0 radical (unpaired) electrons. The Bertz CT molecular complexity index is 908. The Morgan fingerprint density at radius 1 is 1.20 bits per heavy atom. The highest BCUT2D eigenvalue weighted by Crippen LogP contribution is 2.34. The van der Waals surface area contributed by atoms with E-state index in [1.807, 2.05) is 6.07 Å². The fraction of sp³-hybridized carbons (Fsp3) is 0.111. The lowest BCUT2D eigenvalue weighted by Crippen LogP contribution is -2.05. The number of halogens is 2. The van der Waals surface area contributed by atoms with Gasteiger partial charge < -0.3 is 14.2 Å². The first-order chi connectivity index (χ1) is 12.0. The van der Waals surface area contributed by atoms with E-state index in [0.717, 1.165) is 3.57 Å². The smallest absolute Gasteiger partial charge is 0.363 e. The van der Waals surface area contributed by atoms with Crippen molar-refractivity contribution in [3.8, 4) is 11.5 Å². The predicted molar refractivity (Wildman–Crippen MR) is 99.3 cm³/mol. The number of cyclic esters (lactones) is 1. The van der Waals surface area contributed by atoms with Gasteiger partial charge in [0.1, 0.15) is 5.82 Å². The lowest BCUT2D eigenvalue weighted by molar-refractivity contribution is -0.129. The third kappa shape index (κ3) is 3.65. The molecule has 0 atom stereocenters. The third-order valence-electron chi connectivity index (χ3n) is 3.45. The van der Waals surface area contributed by atoms with Gasteiger partial charge in [0, 0.05) is 5.56 Å². The summed E-state index contributed by atoms with van der Waals surface area (Å²) in [5, 5.41) is 0. The van der Waals surface area contributed by atoms with Crippen LogP contribution in [0, 0.1) is 9.39 Å². The monoisotopic (exact) mass is 453 g/mol. The number of nitrogens with zero attached hydrogens (tertiary/aromatic N) is 1. The van der Waals surface area contributed by atoms with Crippen LogP contribution >= 0.6 is 22.6 Å². The number of ether oxygens (including phenoxy) is 3. The molecule has 128 valence electrons. The number of esters is 1. The molecule has 0 aliphatic carbocycles. The van der Waals surface area contributed by atoms with Gasteiger partial charge in [-0.15, -0.1) is 0 Å². The minimum atomic E-state index is -0.593. The van der Waals surface area contributed by atoms with Crippen molar-refractivity contribution in [1.82, 2.24) is 0 Å². The molecule has 0 saturated heterocycles. The number of carbonyl (C=O) groups is 1. The second kappa shape index (κ2) is 7.22. The van der Waals surface area contributed by atoms with Gasteiger partial charge in [0.25, 0.3) is 0 Å². The molecule has 1 aliphatic rings. The molecule has 25 heavy (non-hydrogen) atoms. The number of methoxy groups -OCH3 is 2. The Morgan fingerprint density at radius 3 is 2.68 bits per heavy atom. The molecule has 0 amide bonds. The van der Waals surface area contributed by atoms with Gasteiger partial charge in [-0.25, -0.2) is 14.2 Å². The summed E-state index contributed by atoms with van der Waals surface area (Å²) in [5.74, 6) is 0.211. The predicted octanol–water partition coefficient (Wildman–Crippen LogP) is 3.79. The van der Waals surface area contributed by atoms with Crippen LogP contribution in [0.5, 0.6) is 11.5 Å². The minimum absolute atomic E-state index is 0.0749. The van der Waals surface area contributed by atoms with E-state index < -0.39 is 11.8 Å². The van der Waals surface area contributed by atoms with Gasteiger partial charge in [0.15, 0.2) is 17.2 Å². The van der Waals surface area contributed by atoms with Crippen LogP contribution in [-0.2, 0) is 9.53 Å². The van der Waals surface area contributed by atoms with Crippen LogP contribution in [-0.4, -0.2) is 26.1 Å². The van der Waals surface area contributed by atoms with Gasteiger partial charge in [-0.1, -0.05) is 6.07 Å². The molecule has 0 bridgehead atoms. The van der Waals surface area contributed by atoms with Crippen molar-refractivity contribution in [3.63, 3.8) is 0 Å². The maximum Gasteiger partial charge on any atom is 0.363 e. The fourth-order valence-electron chi connectivity index (χ4n) is 2.33. The highest BCUT2D eigenvalue weighted by molar-refractivity contribution is 14.1. The van der Waals surface area contributed by atoms with E-state index in [0.29, 0.717) is 22.6 Å². The van der Waals surface area contributed by atoms with Gasteiger partial charge in [-0.3, -0.25) is 0 Å². The highest BCUT2D eigenvalue weighted by Gasteiger charge is 2.24. The molecule has 0 N–H and O–H groups in total. The van der Waals surface area contributed by atoms with Crippen LogP contribution in [0.15, 0.2) is 47.1 Å². The number of hydrogen-bond donors (Lipinski definition) is 0. The second-order valence-electron chi connectivity index (χ2n) is 5.08. The van der Waals surface area contributed by atoms with Crippen molar-refractivity contribution in [2.75, 3.05) is 14.2 Å². The number of hydrogen-bond acceptors (Lipinski definition) is 5. The van der Waals surface area contributed by atoms with Gasteiger partial charge in [0.05, 0.1) is 17.8 Å². The topological polar surface area (TPSA) is 57.1 Å². The van der Waals surface area contributed by atoms with Gasteiger partial charge in [-0.05, 0) is 64.6 Å². The third-order valence-corrected chi connectivity index (χ3v) is 4.25. The average molecular weight is 453 g/mol. The Balaban J connectivity index is 1.98. The summed E-state index contributed by atoms with van der Waals surface area (Å²) in [7, 11) is 3.09. The first kappa shape index (κ1) is 17.4. The zero-order valence-electron chi connectivity index (χ0n) is 13.4. The molecule has 1 aliphatic heterocycles. The zero-order chi connectivity index (χ0) is 18.0. The van der Waals surface area contributed by atoms with Crippen molar-refractivity contribution in [1.29, 1.82) is 0 Å². The van der Waals surface area contributed by atoms with Gasteiger partial charge in [0.2, 0.25) is 5.90 Å². The number of rotatable bonds is 4. The molecule has 7 heteroatoms. The van der Waals surface area contributed by atoms with Crippen molar-refractivity contribution < 1.29 is 23.4 Å². The maximum absolute atomic E-state index is 13.3. The van der Waals surface area contributed by atoms with Crippen LogP contribution < -0.4 is 9.47 Å². The molecule has 0 aromatic heterocycles. The molecule has 0 unspecified atom stereocenters. The summed E-state index contributed by atoms with van der Waals surface area (Å²) in [4.78, 5) is 16.2. The van der Waals surface area contributed by atoms with E-state index in [2.05, 4.69) is 27.6 Å². The van der Waals surface area contributed by atoms with E-state index >= 15 is 0 Å². The Morgan fingerprint density at radius 2 is 2.00 bits per heavy atom. The number of aliphatic imine (C=N–C) groups is 1. The summed E-state index contributed by atoms with van der Waals surface area (Å²) < 4.78 is 29.9. The first-order valence-corrected chi connectivity index (χ1v) is 8.29. The molecule has 2 aromatic rings. The van der Waals surface area contributed by atoms with E-state index in [1.54, 1.807) is 25.3 Å². The molecule has 0 fully saturated rings. The van der Waals surface area contributed by atoms with Crippen LogP contribution in [0.3, 0.4) is 0 Å². The van der Waals surface area contributed by atoms with E-state index in [9.17, 15) is 9.18 Å². The standard InChI is InChI=1S/C18H13FINO4/c1-23-15-8-10(6-13(20)16(15)24-2)7-14-18(22)25-17(21-14)11-4-3-5-12(19)9-11/h3-9H,1-2H3. The van der Waals surface area contributed by atoms with E-state index in [1.165, 1.54) is 25.3 Å². The molecular formula is C18H13FINO4. The largest absolute Gasteiger partial charge is 0.493 e. The quantitative estimate of drug-likeness (QED) is 0.402. The molecule has 2 aromatic carbocycles. The van der Waals surface area contributed by atoms with Crippen LogP contribution in [0.25, 0.3) is 6.08 Å². The molecule has 3 rings (SSSR count). The SMILES string of the molecule is COc1cc(C=C2N=C(c3cccc(F)c3)OC2=O)cc(I)c1OC. The zero-order valence-corrected chi connectivity index (χ0v) is 15.5. The second-order valence-corrected chi connectivity index (χ2v) is 6.25. The Hall–Kier alpha value is -2.42. The van der Waals surface area contributed by atoms with Gasteiger partial charge in [-0.2, -0.15) is 0 Å². The van der Waals surface area contributed by atoms with Crippen molar-refractivity contribution in [2.24, 2.45) is 4.99 Å².